The SMILES string of the molecule is CCCCCCC(CCCC)CNC(=O)CCCCC(=O)OCC(COC(=O)CCCCC(=O)NCC(CCCC)CCCCCC)OC(=O)CCCN(C)C. The molecule has 0 aromatic heterocycles. The number of rotatable bonds is 39. The molecule has 2 amide bonds. The molecule has 0 radical (unpaired) electrons. The van der Waals surface area contributed by atoms with Crippen molar-refractivity contribution >= 4 is 29.7 Å². The van der Waals surface area contributed by atoms with Gasteiger partial charge >= 0.3 is 17.9 Å². The highest BCUT2D eigenvalue weighted by Gasteiger charge is 2.20. The predicted molar refractivity (Wildman–Crippen MR) is 226 cm³/mol. The summed E-state index contributed by atoms with van der Waals surface area (Å²) >= 11 is 0. The number of hydrogen-bond donors (Lipinski definition) is 2. The van der Waals surface area contributed by atoms with Gasteiger partial charge in [0.1, 0.15) is 13.2 Å². The van der Waals surface area contributed by atoms with E-state index in [0.29, 0.717) is 69.9 Å². The third-order valence-electron chi connectivity index (χ3n) is 10.3. The highest BCUT2D eigenvalue weighted by molar-refractivity contribution is 5.76. The Morgan fingerprint density at radius 2 is 0.857 bits per heavy atom. The summed E-state index contributed by atoms with van der Waals surface area (Å²) in [6, 6.07) is 0. The van der Waals surface area contributed by atoms with Gasteiger partial charge < -0.3 is 29.7 Å². The Kier molecular flexibility index (Phi) is 36.0. The van der Waals surface area contributed by atoms with Crippen LogP contribution in [-0.2, 0) is 38.2 Å². The second kappa shape index (κ2) is 37.9. The summed E-state index contributed by atoms with van der Waals surface area (Å²) in [5.41, 5.74) is 0. The molecule has 0 rings (SSSR count). The van der Waals surface area contributed by atoms with E-state index in [2.05, 4.69) is 38.3 Å². The molecule has 0 spiro atoms. The first kappa shape index (κ1) is 53.3. The van der Waals surface area contributed by atoms with Crippen LogP contribution >= 0.6 is 0 Å². The van der Waals surface area contributed by atoms with Crippen LogP contribution in [0.5, 0.6) is 0 Å². The van der Waals surface area contributed by atoms with Crippen LogP contribution in [0, 0.1) is 11.8 Å². The zero-order valence-electron chi connectivity index (χ0n) is 36.9. The number of nitrogens with zero attached hydrogens (tertiary/aromatic N) is 1. The Hall–Kier alpha value is -2.69. The maximum Gasteiger partial charge on any atom is 0.306 e. The molecule has 328 valence electrons. The molecule has 0 fully saturated rings. The van der Waals surface area contributed by atoms with Gasteiger partial charge in [0.2, 0.25) is 11.8 Å². The van der Waals surface area contributed by atoms with Crippen molar-refractivity contribution in [3.63, 3.8) is 0 Å². The van der Waals surface area contributed by atoms with Crippen molar-refractivity contribution < 1.29 is 38.2 Å². The monoisotopic (exact) mass is 796 g/mol. The van der Waals surface area contributed by atoms with Gasteiger partial charge in [0.25, 0.3) is 0 Å². The molecule has 0 aliphatic heterocycles. The second-order valence-electron chi connectivity index (χ2n) is 16.1. The number of nitrogens with one attached hydrogen (secondary N) is 2. The van der Waals surface area contributed by atoms with Gasteiger partial charge in [0.05, 0.1) is 0 Å². The van der Waals surface area contributed by atoms with E-state index in [1.54, 1.807) is 0 Å². The lowest BCUT2D eigenvalue weighted by Crippen LogP contribution is -2.31. The van der Waals surface area contributed by atoms with Crippen LogP contribution in [0.1, 0.15) is 195 Å². The van der Waals surface area contributed by atoms with Crippen LogP contribution in [0.2, 0.25) is 0 Å². The van der Waals surface area contributed by atoms with Crippen molar-refractivity contribution in [1.29, 1.82) is 0 Å². The minimum Gasteiger partial charge on any atom is -0.462 e. The van der Waals surface area contributed by atoms with Crippen LogP contribution in [-0.4, -0.2) is 87.7 Å². The first-order valence-corrected chi connectivity index (χ1v) is 22.7. The molecule has 0 saturated heterocycles. The molecule has 11 nitrogen and oxygen atoms in total. The molecule has 0 bridgehead atoms. The third kappa shape index (κ3) is 34.5. The van der Waals surface area contributed by atoms with E-state index in [9.17, 15) is 24.0 Å². The predicted octanol–water partition coefficient (Wildman–Crippen LogP) is 9.23. The molecule has 0 aromatic rings. The van der Waals surface area contributed by atoms with E-state index >= 15 is 0 Å². The summed E-state index contributed by atoms with van der Waals surface area (Å²) in [6.07, 6.45) is 22.1. The molecule has 0 aliphatic carbocycles. The average molecular weight is 796 g/mol. The van der Waals surface area contributed by atoms with Crippen molar-refractivity contribution in [2.75, 3.05) is 46.9 Å². The summed E-state index contributed by atoms with van der Waals surface area (Å²) in [5.74, 6) is -0.301. The third-order valence-corrected chi connectivity index (χ3v) is 10.3. The largest absolute Gasteiger partial charge is 0.462 e. The van der Waals surface area contributed by atoms with Crippen molar-refractivity contribution in [3.8, 4) is 0 Å². The summed E-state index contributed by atoms with van der Waals surface area (Å²) < 4.78 is 16.4. The molecule has 2 unspecified atom stereocenters. The van der Waals surface area contributed by atoms with E-state index in [1.165, 1.54) is 64.2 Å². The number of esters is 3. The lowest BCUT2D eigenvalue weighted by atomic mass is 9.95. The van der Waals surface area contributed by atoms with Crippen LogP contribution in [0.25, 0.3) is 0 Å². The van der Waals surface area contributed by atoms with Crippen molar-refractivity contribution in [2.45, 2.75) is 201 Å². The highest BCUT2D eigenvalue weighted by Crippen LogP contribution is 2.18. The molecular formula is C45H85N3O8. The second-order valence-corrected chi connectivity index (χ2v) is 16.1. The van der Waals surface area contributed by atoms with Gasteiger partial charge in [-0.2, -0.15) is 0 Å². The molecule has 0 aromatic carbocycles. The summed E-state index contributed by atoms with van der Waals surface area (Å²) in [5, 5.41) is 6.20. The molecule has 56 heavy (non-hydrogen) atoms. The van der Waals surface area contributed by atoms with E-state index < -0.39 is 24.0 Å². The minimum atomic E-state index is -0.920. The van der Waals surface area contributed by atoms with Gasteiger partial charge in [-0.1, -0.05) is 105 Å². The Balaban J connectivity index is 4.65. The van der Waals surface area contributed by atoms with Gasteiger partial charge in [-0.15, -0.1) is 0 Å². The lowest BCUT2D eigenvalue weighted by Gasteiger charge is -2.19. The molecule has 0 aliphatic rings. The van der Waals surface area contributed by atoms with E-state index in [4.69, 9.17) is 14.2 Å². The van der Waals surface area contributed by atoms with E-state index in [0.717, 1.165) is 45.1 Å². The maximum atomic E-state index is 12.5. The van der Waals surface area contributed by atoms with E-state index in [1.807, 2.05) is 19.0 Å². The molecule has 0 saturated carbocycles. The fraction of sp³-hybridized carbons (Fsp3) is 0.889. The van der Waals surface area contributed by atoms with Crippen LogP contribution in [0.15, 0.2) is 0 Å². The molecule has 2 atom stereocenters. The van der Waals surface area contributed by atoms with Gasteiger partial charge in [-0.05, 0) is 90.3 Å². The zero-order chi connectivity index (χ0) is 41.7. The summed E-state index contributed by atoms with van der Waals surface area (Å²) in [7, 11) is 3.85. The van der Waals surface area contributed by atoms with Crippen LogP contribution in [0.3, 0.4) is 0 Å². The van der Waals surface area contributed by atoms with Gasteiger partial charge in [-0.3, -0.25) is 24.0 Å². The van der Waals surface area contributed by atoms with Crippen LogP contribution in [0.4, 0.5) is 0 Å². The van der Waals surface area contributed by atoms with Gasteiger partial charge in [0, 0.05) is 45.2 Å². The minimum absolute atomic E-state index is 0.0131. The molecular weight excluding hydrogens is 711 g/mol. The number of carbonyl (C=O) groups excluding carboxylic acids is 5. The number of hydrogen-bond acceptors (Lipinski definition) is 9. The summed E-state index contributed by atoms with van der Waals surface area (Å²) in [6.45, 7) is 10.5. The van der Waals surface area contributed by atoms with Crippen molar-refractivity contribution in [3.05, 3.63) is 0 Å². The number of unbranched alkanes of at least 4 members (excludes halogenated alkanes) is 10. The first-order valence-electron chi connectivity index (χ1n) is 22.7. The summed E-state index contributed by atoms with van der Waals surface area (Å²) in [4.78, 5) is 64.6. The number of ether oxygens (including phenoxy) is 3. The zero-order valence-corrected chi connectivity index (χ0v) is 36.9. The fourth-order valence-electron chi connectivity index (χ4n) is 6.62. The molecule has 0 heterocycles. The van der Waals surface area contributed by atoms with Crippen LogP contribution < -0.4 is 10.6 Å². The van der Waals surface area contributed by atoms with E-state index in [-0.39, 0.29) is 44.3 Å². The Labute approximate surface area is 342 Å². The normalized spacial score (nSPS) is 12.8. The van der Waals surface area contributed by atoms with Crippen molar-refractivity contribution in [1.82, 2.24) is 15.5 Å². The highest BCUT2D eigenvalue weighted by atomic mass is 16.6. The Bertz CT molecular complexity index is 944. The first-order chi connectivity index (χ1) is 27.0. The smallest absolute Gasteiger partial charge is 0.306 e. The lowest BCUT2D eigenvalue weighted by molar-refractivity contribution is -0.167. The topological polar surface area (TPSA) is 140 Å². The standard InChI is InChI=1S/C45H85N3O8/c1-7-11-15-17-26-38(24-13-9-3)34-46-41(49)28-19-21-30-43(51)54-36-40(56-45(53)32-23-33-48(5)6)37-55-44(52)31-22-20-29-42(50)47-35-39(25-14-10-4)27-18-16-12-8-2/h38-40H,7-37H2,1-6H3,(H,46,49)(H,47,50). The Morgan fingerprint density at radius 1 is 0.464 bits per heavy atom. The maximum absolute atomic E-state index is 12.5. The molecule has 11 heteroatoms. The van der Waals surface area contributed by atoms with Gasteiger partial charge in [0.15, 0.2) is 6.10 Å². The molecule has 2 N–H and O–H groups in total. The fourth-order valence-corrected chi connectivity index (χ4v) is 6.62. The Morgan fingerprint density at radius 3 is 1.27 bits per heavy atom. The quantitative estimate of drug-likeness (QED) is 0.0354. The number of amides is 2. The number of carbonyl (C=O) groups is 5. The van der Waals surface area contributed by atoms with Gasteiger partial charge in [-0.25, -0.2) is 0 Å². The average Bonchev–Trinajstić information content (AvgIpc) is 3.17. The van der Waals surface area contributed by atoms with Crippen molar-refractivity contribution in [2.24, 2.45) is 11.8 Å².